The molecule has 0 aromatic carbocycles. The van der Waals surface area contributed by atoms with Crippen molar-refractivity contribution in [2.24, 2.45) is 11.8 Å². The van der Waals surface area contributed by atoms with Gasteiger partial charge in [-0.15, -0.1) is 92.8 Å². The van der Waals surface area contributed by atoms with Gasteiger partial charge in [0.05, 0.1) is 63.8 Å². The van der Waals surface area contributed by atoms with Crippen molar-refractivity contribution >= 4 is 110 Å². The summed E-state index contributed by atoms with van der Waals surface area (Å²) in [6, 6.07) is 5.24. The van der Waals surface area contributed by atoms with Gasteiger partial charge in [0.15, 0.2) is 49.0 Å². The fourth-order valence-corrected chi connectivity index (χ4v) is 17.5. The molecular weight excluding hydrogens is 1780 g/mol. The SMILES string of the molecule is CCC[C@]1(CO)O[C@@H](n2ccc(=O)[nH]c2=O)[C@H](Cl)[C@@H]1O.CCC[C@]1(CO)O[C@@H](n2ccc(N)nc2=O)[C@H](Cl)[C@@H]1O.Nc1ccn([C@@H]2O[C@@](CO)(C3CC3)[C@@H](O)[C@H]2Cl)c(=O)n1.Nc1nc(=O)n([C@@H]2O[C@@](CO)(CCl)[C@@H](O)[C@H]2Cl)cc1F.O=c1[nH]c(=O)n([C@@H]2O[C@@](CO)(CCl)[C@@H](O)[C@H]2Cl)cc1F.O=c1ccn([C@@H]2O[C@@](CO)(C3CC3)[C@@H](O)[C@H]2Cl)c(=O)[nH]1. The molecule has 0 spiro atoms. The normalized spacial score (nSPS) is 34.8. The Kier molecular flexibility index (Phi) is 32.3. The number of nitrogens with two attached hydrogens (primary N) is 3. The molecule has 52 heteroatoms. The number of hydrogen-bond donors (Lipinski definition) is 18. The summed E-state index contributed by atoms with van der Waals surface area (Å²) in [4.78, 5) is 120. The quantitative estimate of drug-likeness (QED) is 0.0332. The van der Waals surface area contributed by atoms with Crippen molar-refractivity contribution in [3.05, 3.63) is 167 Å². The van der Waals surface area contributed by atoms with Gasteiger partial charge in [0.2, 0.25) is 5.82 Å². The molecule has 6 saturated heterocycles. The van der Waals surface area contributed by atoms with E-state index in [9.17, 15) is 113 Å². The van der Waals surface area contributed by atoms with Gasteiger partial charge in [-0.3, -0.25) is 56.7 Å². The van der Waals surface area contributed by atoms with Crippen LogP contribution in [0.25, 0.3) is 0 Å². The van der Waals surface area contributed by atoms with Crippen molar-refractivity contribution in [2.75, 3.05) is 68.6 Å². The number of nitrogens with one attached hydrogen (secondary N) is 3. The third-order valence-corrected chi connectivity index (χ3v) is 25.1. The second-order valence-electron chi connectivity index (χ2n) is 29.2. The van der Waals surface area contributed by atoms with E-state index in [4.69, 9.17) is 138 Å². The molecule has 6 aromatic heterocycles. The fourth-order valence-electron chi connectivity index (χ4n) is 14.5. The van der Waals surface area contributed by atoms with Crippen LogP contribution in [0.2, 0.25) is 0 Å². The van der Waals surface area contributed by atoms with E-state index in [1.54, 1.807) is 4.98 Å². The van der Waals surface area contributed by atoms with E-state index in [0.717, 1.165) is 45.6 Å². The minimum atomic E-state index is -1.56. The molecule has 12 heterocycles. The lowest BCUT2D eigenvalue weighted by Crippen LogP contribution is -2.47. The number of aliphatic hydroxyl groups excluding tert-OH is 12. The van der Waals surface area contributed by atoms with Crippen LogP contribution in [0.3, 0.4) is 0 Å². The van der Waals surface area contributed by atoms with E-state index >= 15 is 0 Å². The van der Waals surface area contributed by atoms with Gasteiger partial charge in [-0.25, -0.2) is 33.2 Å². The van der Waals surface area contributed by atoms with Gasteiger partial charge < -0.3 is 107 Å². The molecule has 6 aromatic rings. The topological polar surface area (TPSA) is 645 Å². The third kappa shape index (κ3) is 19.3. The summed E-state index contributed by atoms with van der Waals surface area (Å²) in [5.41, 5.74) is 1.73. The van der Waals surface area contributed by atoms with Crippen molar-refractivity contribution in [1.82, 2.24) is 57.3 Å². The standard InChI is InChI=1S/C12H16ClN3O4.C12H18ClN3O4.C12H15ClN2O5.C12H17ClN2O5.C10H12Cl2FN3O4.C10H11Cl2FN2O5/c13-8-9(18)12(5-17,6-1-2-6)20-10(8)16-4-3-7(14)15-11(16)19;1-2-4-12(6-17)9(18)8(13)10(20-12)16-5-3-7(14)15-11(16)19;13-8-9(18)12(5-16,6-1-2-6)20-10(8)15-4-3-7(17)14-11(15)19;1-2-4-12(6-16)9(18)8(13)10(20-12)15-5-3-7(17)14-11(15)19;11-2-10(3-17)6(18)5(12)8(20-10)16-1-4(13)7(14)15-9(16)19;11-2-10(3-16)6(17)5(12)8(20-10)15-1-4(13)7(18)14-9(15)19/h3-4,6,8-10,17-18H,1-2,5H2,(H2,14,15,19);3,5,8-10,17-18H,2,4,6H2,1H3,(H2,14,15,19);3-4,6,8-10,16,18H,1-2,5H2,(H,14,17,19);3,5,8-10,16,18H,2,4,6H2,1H3,(H,14,17,19);1,5-6,8,17-18H,2-3H2,(H2,14,15,19);1,5-6,8,16-17H,2-3H2,(H,14,18,19)/t8-,9+,10-,12+;8-,9+,10-,12-;8-,9+,10-,12+;8-,9+,10-,12-;2*5-,6+,8-,10-/m111111/s1. The lowest BCUT2D eigenvalue weighted by atomic mass is 9.92. The number of aromatic nitrogens is 12. The summed E-state index contributed by atoms with van der Waals surface area (Å²) in [6.45, 7) is 1.05. The molecule has 0 bridgehead atoms. The third-order valence-electron chi connectivity index (χ3n) is 21.5. The molecule has 668 valence electrons. The van der Waals surface area contributed by atoms with Crippen LogP contribution >= 0.6 is 92.8 Å². The van der Waals surface area contributed by atoms with Gasteiger partial charge in [-0.1, -0.05) is 26.7 Å². The number of ether oxygens (including phenoxy) is 6. The Morgan fingerprint density at radius 1 is 0.408 bits per heavy atom. The predicted octanol–water partition coefficient (Wildman–Crippen LogP) is -3.37. The van der Waals surface area contributed by atoms with Crippen molar-refractivity contribution < 1.29 is 98.5 Å². The molecule has 120 heavy (non-hydrogen) atoms. The minimum absolute atomic E-state index is 0.0345. The molecule has 6 aliphatic heterocycles. The number of hydrogen-bond acceptors (Lipinski definition) is 33. The molecule has 14 rings (SSSR count). The van der Waals surface area contributed by atoms with Crippen LogP contribution < -0.4 is 68.0 Å². The number of H-pyrrole nitrogens is 3. The van der Waals surface area contributed by atoms with Crippen molar-refractivity contribution in [2.45, 2.75) is 205 Å². The monoisotopic (exact) mass is 1870 g/mol. The molecular formula is C68H89Cl8F2N15O27. The number of halogens is 10. The molecule has 21 N–H and O–H groups in total. The first-order chi connectivity index (χ1) is 56.6. The number of aromatic amines is 3. The highest BCUT2D eigenvalue weighted by molar-refractivity contribution is 6.23. The summed E-state index contributed by atoms with van der Waals surface area (Å²) < 4.78 is 66.4. The number of aliphatic hydroxyl groups is 12. The molecule has 0 amide bonds. The van der Waals surface area contributed by atoms with E-state index in [-0.39, 0.29) is 55.1 Å². The lowest BCUT2D eigenvalue weighted by Gasteiger charge is -2.30. The summed E-state index contributed by atoms with van der Waals surface area (Å²) in [7, 11) is 0. The molecule has 42 nitrogen and oxygen atoms in total. The first-order valence-corrected chi connectivity index (χ1v) is 40.4. The van der Waals surface area contributed by atoms with Crippen molar-refractivity contribution in [1.29, 1.82) is 0 Å². The van der Waals surface area contributed by atoms with Gasteiger partial charge in [-0.05, 0) is 62.5 Å². The van der Waals surface area contributed by atoms with Crippen LogP contribution in [0, 0.1) is 23.5 Å². The number of nitrogens with zero attached hydrogens (tertiary/aromatic N) is 9. The maximum Gasteiger partial charge on any atom is 0.351 e. The van der Waals surface area contributed by atoms with E-state index in [0.29, 0.717) is 36.4 Å². The number of alkyl halides is 8. The first-order valence-electron chi connectivity index (χ1n) is 36.7. The minimum Gasteiger partial charge on any atom is -0.393 e. The highest BCUT2D eigenvalue weighted by atomic mass is 35.5. The Bertz CT molecular complexity index is 5100. The largest absolute Gasteiger partial charge is 0.393 e. The summed E-state index contributed by atoms with van der Waals surface area (Å²) >= 11 is 47.9. The summed E-state index contributed by atoms with van der Waals surface area (Å²) in [6.07, 6.45) is -0.805. The van der Waals surface area contributed by atoms with Crippen LogP contribution in [0.1, 0.15) is 103 Å². The molecule has 24 atom stereocenters. The van der Waals surface area contributed by atoms with Crippen molar-refractivity contribution in [3.8, 4) is 0 Å². The van der Waals surface area contributed by atoms with Crippen LogP contribution in [0.15, 0.2) is 105 Å². The molecule has 0 unspecified atom stereocenters. The second-order valence-corrected chi connectivity index (χ2v) is 32.8. The van der Waals surface area contributed by atoms with Crippen molar-refractivity contribution in [3.63, 3.8) is 0 Å². The Morgan fingerprint density at radius 2 is 0.708 bits per heavy atom. The van der Waals surface area contributed by atoms with Gasteiger partial charge >= 0.3 is 34.1 Å². The number of rotatable bonds is 20. The van der Waals surface area contributed by atoms with Gasteiger partial charge in [0.1, 0.15) is 114 Å². The van der Waals surface area contributed by atoms with Crippen LogP contribution in [0.4, 0.5) is 26.2 Å². The van der Waals surface area contributed by atoms with Gasteiger partial charge in [0, 0.05) is 36.9 Å². The average molecular weight is 1870 g/mol. The molecule has 8 fully saturated rings. The first kappa shape index (κ1) is 97.3. The molecule has 0 radical (unpaired) electrons. The molecule has 8 aliphatic rings. The number of anilines is 3. The predicted molar refractivity (Wildman–Crippen MR) is 423 cm³/mol. The summed E-state index contributed by atoms with van der Waals surface area (Å²) in [5, 5.41) is 112. The molecule has 2 aliphatic carbocycles. The van der Waals surface area contributed by atoms with Crippen LogP contribution in [-0.4, -0.2) is 272 Å². The Balaban J connectivity index is 0.000000164. The number of nitrogen functional groups attached to an aromatic ring is 3. The fraction of sp³-hybridized carbons (Fsp3) is 0.647. The van der Waals surface area contributed by atoms with Gasteiger partial charge in [-0.2, -0.15) is 19.3 Å². The maximum absolute atomic E-state index is 13.4. The van der Waals surface area contributed by atoms with E-state index < -0.39 is 228 Å². The summed E-state index contributed by atoms with van der Waals surface area (Å²) in [5.74, 6) is -2.95. The Labute approximate surface area is 714 Å². The van der Waals surface area contributed by atoms with Crippen LogP contribution in [-0.2, 0) is 28.4 Å². The lowest BCUT2D eigenvalue weighted by molar-refractivity contribution is -0.141. The Morgan fingerprint density at radius 3 is 1.04 bits per heavy atom. The Hall–Kier alpha value is -6.46. The van der Waals surface area contributed by atoms with Gasteiger partial charge in [0.25, 0.3) is 16.7 Å². The highest BCUT2D eigenvalue weighted by Crippen LogP contribution is 2.54. The van der Waals surface area contributed by atoms with E-state index in [2.05, 4.69) is 24.9 Å². The maximum atomic E-state index is 13.4. The zero-order chi connectivity index (χ0) is 89.0. The second kappa shape index (κ2) is 39.8. The van der Waals surface area contributed by atoms with E-state index in [1.807, 2.05) is 13.8 Å². The van der Waals surface area contributed by atoms with Crippen LogP contribution in [0.5, 0.6) is 0 Å². The smallest absolute Gasteiger partial charge is 0.351 e. The molecule has 2 saturated carbocycles. The van der Waals surface area contributed by atoms with E-state index in [1.165, 1.54) is 58.2 Å². The average Bonchev–Trinajstić information content (AvgIpc) is 1.58. The highest BCUT2D eigenvalue weighted by Gasteiger charge is 2.64. The zero-order valence-corrected chi connectivity index (χ0v) is 69.2. The zero-order valence-electron chi connectivity index (χ0n) is 63.2.